The van der Waals surface area contributed by atoms with Crippen molar-refractivity contribution in [2.45, 2.75) is 19.0 Å². The molecule has 1 saturated heterocycles. The number of rotatable bonds is 4. The van der Waals surface area contributed by atoms with Gasteiger partial charge in [-0.3, -0.25) is 19.8 Å². The highest BCUT2D eigenvalue weighted by molar-refractivity contribution is 6.00. The summed E-state index contributed by atoms with van der Waals surface area (Å²) in [6.45, 7) is 2.27. The van der Waals surface area contributed by atoms with Crippen LogP contribution in [0.25, 0.3) is 0 Å². The molecule has 0 saturated carbocycles. The van der Waals surface area contributed by atoms with Crippen LogP contribution in [-0.4, -0.2) is 43.0 Å². The highest BCUT2D eigenvalue weighted by Gasteiger charge is 2.34. The molecule has 1 fully saturated rings. The van der Waals surface area contributed by atoms with Gasteiger partial charge in [0.25, 0.3) is 0 Å². The van der Waals surface area contributed by atoms with E-state index >= 15 is 0 Å². The van der Waals surface area contributed by atoms with Gasteiger partial charge in [0.15, 0.2) is 0 Å². The summed E-state index contributed by atoms with van der Waals surface area (Å²) in [5.41, 5.74) is 6.80. The number of methoxy groups -OCH3 is 1. The Hall–Kier alpha value is -1.92. The molecule has 1 aromatic rings. The van der Waals surface area contributed by atoms with Crippen molar-refractivity contribution >= 4 is 11.8 Å². The number of nitrogens with one attached hydrogen (secondary N) is 1. The molecular weight excluding hydrogens is 258 g/mol. The second-order valence-corrected chi connectivity index (χ2v) is 4.79. The Bertz CT molecular complexity index is 501. The first-order valence-electron chi connectivity index (χ1n) is 6.50. The second-order valence-electron chi connectivity index (χ2n) is 4.79. The quantitative estimate of drug-likeness (QED) is 0.759. The molecule has 0 bridgehead atoms. The highest BCUT2D eigenvalue weighted by atomic mass is 16.5. The summed E-state index contributed by atoms with van der Waals surface area (Å²) in [4.78, 5) is 25.1. The van der Waals surface area contributed by atoms with Gasteiger partial charge in [0.1, 0.15) is 5.75 Å². The van der Waals surface area contributed by atoms with Crippen LogP contribution in [0.1, 0.15) is 18.5 Å². The minimum absolute atomic E-state index is 0.167. The van der Waals surface area contributed by atoms with Crippen molar-refractivity contribution in [2.75, 3.05) is 20.2 Å². The van der Waals surface area contributed by atoms with Crippen molar-refractivity contribution in [2.24, 2.45) is 5.73 Å². The van der Waals surface area contributed by atoms with E-state index in [9.17, 15) is 9.59 Å². The predicted octanol–water partition coefficient (Wildman–Crippen LogP) is 0.0419. The minimum Gasteiger partial charge on any atom is -0.497 e. The van der Waals surface area contributed by atoms with E-state index in [1.54, 1.807) is 14.0 Å². The molecule has 1 heterocycles. The topological polar surface area (TPSA) is 84.7 Å². The summed E-state index contributed by atoms with van der Waals surface area (Å²) in [6, 6.07) is 6.93. The Labute approximate surface area is 117 Å². The number of nitrogens with zero attached hydrogens (tertiary/aromatic N) is 1. The van der Waals surface area contributed by atoms with E-state index in [0.717, 1.165) is 11.3 Å². The first kappa shape index (κ1) is 14.5. The summed E-state index contributed by atoms with van der Waals surface area (Å²) < 4.78 is 5.12. The van der Waals surface area contributed by atoms with Crippen LogP contribution < -0.4 is 15.8 Å². The maximum Gasteiger partial charge on any atom is 0.243 e. The van der Waals surface area contributed by atoms with Crippen molar-refractivity contribution in [3.05, 3.63) is 29.8 Å². The Morgan fingerprint density at radius 3 is 2.60 bits per heavy atom. The zero-order valence-corrected chi connectivity index (χ0v) is 11.6. The fraction of sp³-hybridized carbons (Fsp3) is 0.429. The van der Waals surface area contributed by atoms with E-state index in [4.69, 9.17) is 10.5 Å². The first-order chi connectivity index (χ1) is 9.56. The van der Waals surface area contributed by atoms with Gasteiger partial charge >= 0.3 is 0 Å². The van der Waals surface area contributed by atoms with Gasteiger partial charge in [-0.15, -0.1) is 0 Å². The lowest BCUT2D eigenvalue weighted by Gasteiger charge is -2.37. The molecule has 2 unspecified atom stereocenters. The van der Waals surface area contributed by atoms with Crippen LogP contribution in [0.3, 0.4) is 0 Å². The third-order valence-corrected chi connectivity index (χ3v) is 3.59. The van der Waals surface area contributed by atoms with Crippen LogP contribution >= 0.6 is 0 Å². The van der Waals surface area contributed by atoms with Crippen molar-refractivity contribution in [3.8, 4) is 5.75 Å². The number of nitrogens with two attached hydrogens (primary N) is 1. The smallest absolute Gasteiger partial charge is 0.243 e. The second kappa shape index (κ2) is 6.02. The Kier molecular flexibility index (Phi) is 4.36. The third-order valence-electron chi connectivity index (χ3n) is 3.59. The molecule has 0 aliphatic carbocycles. The van der Waals surface area contributed by atoms with Gasteiger partial charge in [-0.25, -0.2) is 0 Å². The first-order valence-corrected chi connectivity index (χ1v) is 6.50. The van der Waals surface area contributed by atoms with Crippen LogP contribution in [0.2, 0.25) is 0 Å². The van der Waals surface area contributed by atoms with Crippen LogP contribution in [0.15, 0.2) is 24.3 Å². The maximum absolute atomic E-state index is 11.7. The van der Waals surface area contributed by atoms with E-state index in [0.29, 0.717) is 6.54 Å². The minimum atomic E-state index is -0.386. The lowest BCUT2D eigenvalue weighted by Crippen LogP contribution is -2.58. The number of piperazine rings is 1. The van der Waals surface area contributed by atoms with Gasteiger partial charge in [-0.05, 0) is 24.6 Å². The summed E-state index contributed by atoms with van der Waals surface area (Å²) in [7, 11) is 1.60. The largest absolute Gasteiger partial charge is 0.497 e. The van der Waals surface area contributed by atoms with Crippen LogP contribution in [0.5, 0.6) is 5.75 Å². The van der Waals surface area contributed by atoms with E-state index in [1.165, 1.54) is 0 Å². The molecule has 2 rings (SSSR count). The van der Waals surface area contributed by atoms with Crippen LogP contribution in [0, 0.1) is 0 Å². The van der Waals surface area contributed by atoms with E-state index < -0.39 is 0 Å². The molecule has 2 atom stereocenters. The van der Waals surface area contributed by atoms with Crippen molar-refractivity contribution in [3.63, 3.8) is 0 Å². The molecule has 6 nitrogen and oxygen atoms in total. The monoisotopic (exact) mass is 277 g/mol. The van der Waals surface area contributed by atoms with E-state index in [1.807, 2.05) is 29.2 Å². The molecule has 108 valence electrons. The lowest BCUT2D eigenvalue weighted by atomic mass is 10.0. The Balaban J connectivity index is 2.25. The summed E-state index contributed by atoms with van der Waals surface area (Å²) in [5, 5.41) is 2.33. The van der Waals surface area contributed by atoms with Crippen LogP contribution in [0.4, 0.5) is 0 Å². The van der Waals surface area contributed by atoms with Crippen molar-refractivity contribution < 1.29 is 14.3 Å². The molecule has 3 N–H and O–H groups in total. The number of benzene rings is 1. The van der Waals surface area contributed by atoms with Gasteiger partial charge in [-0.2, -0.15) is 0 Å². The molecule has 6 heteroatoms. The molecule has 2 amide bonds. The Morgan fingerprint density at radius 1 is 1.40 bits per heavy atom. The van der Waals surface area contributed by atoms with E-state index in [2.05, 4.69) is 5.32 Å². The fourth-order valence-electron chi connectivity index (χ4n) is 2.40. The molecule has 1 aliphatic rings. The van der Waals surface area contributed by atoms with Gasteiger partial charge in [0, 0.05) is 12.6 Å². The number of carbonyl (C=O) groups excluding carboxylic acids is 2. The summed E-state index contributed by atoms with van der Waals surface area (Å²) in [5.74, 6) is 0.179. The van der Waals surface area contributed by atoms with Gasteiger partial charge in [0.05, 0.1) is 19.7 Å². The molecule has 1 aliphatic heterocycles. The number of carbonyl (C=O) groups is 2. The number of hydrogen-bond donors (Lipinski definition) is 2. The van der Waals surface area contributed by atoms with Gasteiger partial charge in [0.2, 0.25) is 11.8 Å². The number of ether oxygens (including phenoxy) is 1. The SMILES string of the molecule is COc1ccc(C(CN)N2CC(=O)NC(=O)C2C)cc1. The number of hydrogen-bond acceptors (Lipinski definition) is 5. The molecule has 1 aromatic carbocycles. The van der Waals surface area contributed by atoms with Crippen LogP contribution in [-0.2, 0) is 9.59 Å². The zero-order chi connectivity index (χ0) is 14.7. The molecule has 0 radical (unpaired) electrons. The zero-order valence-electron chi connectivity index (χ0n) is 11.6. The van der Waals surface area contributed by atoms with E-state index in [-0.39, 0.29) is 30.4 Å². The number of amides is 2. The summed E-state index contributed by atoms with van der Waals surface area (Å²) in [6.07, 6.45) is 0. The highest BCUT2D eigenvalue weighted by Crippen LogP contribution is 2.25. The van der Waals surface area contributed by atoms with Gasteiger partial charge < -0.3 is 10.5 Å². The van der Waals surface area contributed by atoms with Crippen molar-refractivity contribution in [1.82, 2.24) is 10.2 Å². The maximum atomic E-state index is 11.7. The normalized spacial score (nSPS) is 21.4. The fourth-order valence-corrected chi connectivity index (χ4v) is 2.40. The average molecular weight is 277 g/mol. The van der Waals surface area contributed by atoms with Crippen molar-refractivity contribution in [1.29, 1.82) is 0 Å². The molecular formula is C14H19N3O3. The van der Waals surface area contributed by atoms with Gasteiger partial charge in [-0.1, -0.05) is 12.1 Å². The number of imide groups is 1. The molecule has 0 spiro atoms. The third kappa shape index (κ3) is 2.81. The lowest BCUT2D eigenvalue weighted by molar-refractivity contribution is -0.140. The Morgan fingerprint density at radius 2 is 2.05 bits per heavy atom. The summed E-state index contributed by atoms with van der Waals surface area (Å²) >= 11 is 0. The predicted molar refractivity (Wildman–Crippen MR) is 74.1 cm³/mol. The molecule has 20 heavy (non-hydrogen) atoms. The average Bonchev–Trinajstić information content (AvgIpc) is 2.45. The molecule has 0 aromatic heterocycles. The standard InChI is InChI=1S/C14H19N3O3/c1-9-14(19)16-13(18)8-17(9)12(7-15)10-3-5-11(20-2)6-4-10/h3-6,9,12H,7-8,15H2,1-2H3,(H,16,18,19).